The molecule has 5 heteroatoms. The number of carbonyl (C=O) groups is 1. The van der Waals surface area contributed by atoms with Crippen LogP contribution in [0.1, 0.15) is 32.3 Å². The molecule has 0 saturated heterocycles. The van der Waals surface area contributed by atoms with Gasteiger partial charge in [-0.05, 0) is 31.7 Å². The van der Waals surface area contributed by atoms with Gasteiger partial charge >= 0.3 is 0 Å². The second-order valence-corrected chi connectivity index (χ2v) is 4.35. The third-order valence-electron chi connectivity index (χ3n) is 2.74. The van der Waals surface area contributed by atoms with Crippen LogP contribution in [-0.2, 0) is 17.8 Å². The van der Waals surface area contributed by atoms with Gasteiger partial charge in [-0.25, -0.2) is 0 Å². The van der Waals surface area contributed by atoms with E-state index in [1.165, 1.54) is 5.56 Å². The molecule has 0 fully saturated rings. The number of hydrogen-bond donors (Lipinski definition) is 2. The van der Waals surface area contributed by atoms with E-state index in [9.17, 15) is 4.79 Å². The Morgan fingerprint density at radius 1 is 1.62 bits per heavy atom. The lowest BCUT2D eigenvalue weighted by Gasteiger charge is -2.19. The first kappa shape index (κ1) is 12.7. The van der Waals surface area contributed by atoms with Crippen molar-refractivity contribution in [3.63, 3.8) is 0 Å². The maximum atomic E-state index is 11.0. The first-order chi connectivity index (χ1) is 7.45. The van der Waals surface area contributed by atoms with Gasteiger partial charge in [-0.15, -0.1) is 0 Å². The standard InChI is InChI=1S/C11H20N4O/c1-3-9-7-14-15(8-9)6-4-5-11(2,13)10(12)16/h7-8H,3-6,13H2,1-2H3,(H2,12,16). The van der Waals surface area contributed by atoms with E-state index in [0.717, 1.165) is 19.4 Å². The fraction of sp³-hybridized carbons (Fsp3) is 0.636. The molecule has 0 radical (unpaired) electrons. The molecule has 0 spiro atoms. The van der Waals surface area contributed by atoms with Gasteiger partial charge in [-0.2, -0.15) is 5.10 Å². The van der Waals surface area contributed by atoms with Gasteiger partial charge in [-0.1, -0.05) is 6.92 Å². The highest BCUT2D eigenvalue weighted by atomic mass is 16.1. The number of aromatic nitrogens is 2. The highest BCUT2D eigenvalue weighted by molar-refractivity contribution is 5.83. The van der Waals surface area contributed by atoms with Gasteiger partial charge in [-0.3, -0.25) is 9.48 Å². The third-order valence-corrected chi connectivity index (χ3v) is 2.74. The number of amides is 1. The van der Waals surface area contributed by atoms with Gasteiger partial charge in [0.1, 0.15) is 0 Å². The molecule has 16 heavy (non-hydrogen) atoms. The lowest BCUT2D eigenvalue weighted by Crippen LogP contribution is -2.49. The van der Waals surface area contributed by atoms with Crippen molar-refractivity contribution in [2.75, 3.05) is 0 Å². The van der Waals surface area contributed by atoms with Crippen molar-refractivity contribution < 1.29 is 4.79 Å². The Labute approximate surface area is 95.8 Å². The summed E-state index contributed by atoms with van der Waals surface area (Å²) in [5.74, 6) is -0.456. The number of primary amides is 1. The summed E-state index contributed by atoms with van der Waals surface area (Å²) in [6.45, 7) is 4.52. The smallest absolute Gasteiger partial charge is 0.237 e. The molecule has 4 N–H and O–H groups in total. The van der Waals surface area contributed by atoms with E-state index in [2.05, 4.69) is 12.0 Å². The minimum Gasteiger partial charge on any atom is -0.368 e. The minimum atomic E-state index is -0.916. The highest BCUT2D eigenvalue weighted by Crippen LogP contribution is 2.09. The number of carbonyl (C=O) groups excluding carboxylic acids is 1. The molecule has 1 amide bonds. The molecule has 1 rings (SSSR count). The molecule has 0 bridgehead atoms. The predicted octanol–water partition coefficient (Wildman–Crippen LogP) is 0.428. The largest absolute Gasteiger partial charge is 0.368 e. The molecular weight excluding hydrogens is 204 g/mol. The van der Waals surface area contributed by atoms with Crippen molar-refractivity contribution in [2.24, 2.45) is 11.5 Å². The molecule has 5 nitrogen and oxygen atoms in total. The fourth-order valence-electron chi connectivity index (χ4n) is 1.44. The zero-order valence-corrected chi connectivity index (χ0v) is 9.94. The SMILES string of the molecule is CCc1cnn(CCCC(C)(N)C(N)=O)c1. The van der Waals surface area contributed by atoms with Crippen molar-refractivity contribution in [2.45, 2.75) is 45.2 Å². The maximum absolute atomic E-state index is 11.0. The molecule has 90 valence electrons. The monoisotopic (exact) mass is 224 g/mol. The Bertz CT molecular complexity index is 357. The second kappa shape index (κ2) is 5.12. The van der Waals surface area contributed by atoms with Crippen molar-refractivity contribution in [1.82, 2.24) is 9.78 Å². The van der Waals surface area contributed by atoms with E-state index in [1.807, 2.05) is 17.1 Å². The molecule has 0 aliphatic heterocycles. The Kier molecular flexibility index (Phi) is 4.06. The summed E-state index contributed by atoms with van der Waals surface area (Å²) in [4.78, 5) is 11.0. The molecule has 0 aliphatic carbocycles. The van der Waals surface area contributed by atoms with Gasteiger partial charge in [0.05, 0.1) is 11.7 Å². The topological polar surface area (TPSA) is 86.9 Å². The summed E-state index contributed by atoms with van der Waals surface area (Å²) in [7, 11) is 0. The van der Waals surface area contributed by atoms with E-state index in [-0.39, 0.29) is 0 Å². The molecule has 0 saturated carbocycles. The minimum absolute atomic E-state index is 0.456. The number of nitrogens with zero attached hydrogens (tertiary/aromatic N) is 2. The van der Waals surface area contributed by atoms with Gasteiger partial charge in [0.25, 0.3) is 0 Å². The average Bonchev–Trinajstić information content (AvgIpc) is 2.65. The Morgan fingerprint density at radius 2 is 2.31 bits per heavy atom. The Balaban J connectivity index is 2.38. The van der Waals surface area contributed by atoms with Crippen LogP contribution in [0.15, 0.2) is 12.4 Å². The van der Waals surface area contributed by atoms with Gasteiger partial charge in [0, 0.05) is 12.7 Å². The number of hydrogen-bond acceptors (Lipinski definition) is 3. The first-order valence-electron chi connectivity index (χ1n) is 5.56. The van der Waals surface area contributed by atoms with Crippen LogP contribution >= 0.6 is 0 Å². The van der Waals surface area contributed by atoms with Crippen LogP contribution in [0.3, 0.4) is 0 Å². The number of rotatable bonds is 6. The zero-order chi connectivity index (χ0) is 12.2. The molecule has 1 aromatic heterocycles. The van der Waals surface area contributed by atoms with Crippen molar-refractivity contribution in [3.8, 4) is 0 Å². The molecular formula is C11H20N4O. The lowest BCUT2D eigenvalue weighted by atomic mass is 9.96. The normalized spacial score (nSPS) is 14.7. The Hall–Kier alpha value is -1.36. The summed E-state index contributed by atoms with van der Waals surface area (Å²) in [6, 6.07) is 0. The first-order valence-corrected chi connectivity index (χ1v) is 5.56. The number of nitrogens with two attached hydrogens (primary N) is 2. The van der Waals surface area contributed by atoms with Crippen LogP contribution < -0.4 is 11.5 Å². The summed E-state index contributed by atoms with van der Waals surface area (Å²) < 4.78 is 1.87. The van der Waals surface area contributed by atoms with Crippen LogP contribution in [0, 0.1) is 0 Å². The molecule has 1 aromatic rings. The third kappa shape index (κ3) is 3.34. The summed E-state index contributed by atoms with van der Waals surface area (Å²) >= 11 is 0. The number of aryl methyl sites for hydroxylation is 2. The van der Waals surface area contributed by atoms with Crippen LogP contribution in [0.4, 0.5) is 0 Å². The fourth-order valence-corrected chi connectivity index (χ4v) is 1.44. The molecule has 0 aromatic carbocycles. The predicted molar refractivity (Wildman–Crippen MR) is 62.6 cm³/mol. The van der Waals surface area contributed by atoms with Crippen molar-refractivity contribution >= 4 is 5.91 Å². The van der Waals surface area contributed by atoms with Crippen molar-refractivity contribution in [1.29, 1.82) is 0 Å². The second-order valence-electron chi connectivity index (χ2n) is 4.35. The summed E-state index contributed by atoms with van der Waals surface area (Å²) in [5.41, 5.74) is 11.2. The average molecular weight is 224 g/mol. The highest BCUT2D eigenvalue weighted by Gasteiger charge is 2.24. The van der Waals surface area contributed by atoms with E-state index in [1.54, 1.807) is 6.92 Å². The molecule has 0 aliphatic rings. The van der Waals surface area contributed by atoms with Crippen LogP contribution in [0.25, 0.3) is 0 Å². The molecule has 1 heterocycles. The van der Waals surface area contributed by atoms with E-state index < -0.39 is 11.4 Å². The van der Waals surface area contributed by atoms with Crippen LogP contribution in [0.2, 0.25) is 0 Å². The maximum Gasteiger partial charge on any atom is 0.237 e. The van der Waals surface area contributed by atoms with Gasteiger partial charge in [0.15, 0.2) is 0 Å². The lowest BCUT2D eigenvalue weighted by molar-refractivity contribution is -0.122. The Morgan fingerprint density at radius 3 is 2.81 bits per heavy atom. The zero-order valence-electron chi connectivity index (χ0n) is 9.94. The van der Waals surface area contributed by atoms with Crippen LogP contribution in [0.5, 0.6) is 0 Å². The van der Waals surface area contributed by atoms with Crippen LogP contribution in [-0.4, -0.2) is 21.2 Å². The summed E-state index contributed by atoms with van der Waals surface area (Å²) in [5, 5.41) is 4.21. The molecule has 1 unspecified atom stereocenters. The van der Waals surface area contributed by atoms with E-state index in [0.29, 0.717) is 6.42 Å². The van der Waals surface area contributed by atoms with Crippen molar-refractivity contribution in [3.05, 3.63) is 18.0 Å². The van der Waals surface area contributed by atoms with E-state index in [4.69, 9.17) is 11.5 Å². The van der Waals surface area contributed by atoms with Gasteiger partial charge in [0.2, 0.25) is 5.91 Å². The summed E-state index contributed by atoms with van der Waals surface area (Å²) in [6.07, 6.45) is 6.22. The van der Waals surface area contributed by atoms with E-state index >= 15 is 0 Å². The van der Waals surface area contributed by atoms with Gasteiger partial charge < -0.3 is 11.5 Å². The quantitative estimate of drug-likeness (QED) is 0.734. The molecule has 1 atom stereocenters.